The molecule has 0 saturated heterocycles. The van der Waals surface area contributed by atoms with Crippen LogP contribution in [-0.2, 0) is 22.9 Å². The zero-order chi connectivity index (χ0) is 23.4. The van der Waals surface area contributed by atoms with E-state index in [1.54, 1.807) is 36.4 Å². The fourth-order valence-electron chi connectivity index (χ4n) is 3.97. The summed E-state index contributed by atoms with van der Waals surface area (Å²) in [5.74, 6) is 0.0624. The molecule has 170 valence electrons. The van der Waals surface area contributed by atoms with Gasteiger partial charge in [0, 0.05) is 29.9 Å². The maximum absolute atomic E-state index is 12.7. The number of nitrogen functional groups attached to an aromatic ring is 1. The molecule has 0 aromatic heterocycles. The summed E-state index contributed by atoms with van der Waals surface area (Å²) < 4.78 is 28.0. The van der Waals surface area contributed by atoms with Gasteiger partial charge in [0.1, 0.15) is 5.84 Å². The zero-order valence-corrected chi connectivity index (χ0v) is 19.8. The first-order chi connectivity index (χ1) is 15.8. The van der Waals surface area contributed by atoms with Crippen molar-refractivity contribution in [3.8, 4) is 0 Å². The highest BCUT2D eigenvalue weighted by molar-refractivity contribution is 7.92. The predicted octanol–water partition coefficient (Wildman–Crippen LogP) is 4.48. The van der Waals surface area contributed by atoms with Crippen LogP contribution in [0.1, 0.15) is 29.5 Å². The number of thiocarbonyl (C=S) groups is 1. The standard InChI is InChI=1S/C25H26N4O2S2/c26-25(27)19-11-8-18(9-12-19)10-15-24(32)29-16-4-5-20-17-21(13-14-23(20)29)28-33(30,31)22-6-2-1-3-7-22/h1-3,6-9,11-14,17,28H,4-5,10,15-16H2,(H3,26,27). The zero-order valence-electron chi connectivity index (χ0n) is 18.1. The minimum Gasteiger partial charge on any atom is -0.384 e. The van der Waals surface area contributed by atoms with Crippen molar-refractivity contribution in [3.63, 3.8) is 0 Å². The summed E-state index contributed by atoms with van der Waals surface area (Å²) in [6.07, 6.45) is 3.37. The van der Waals surface area contributed by atoms with Crippen LogP contribution in [0.25, 0.3) is 0 Å². The molecule has 0 atom stereocenters. The summed E-state index contributed by atoms with van der Waals surface area (Å²) in [5, 5.41) is 7.50. The summed E-state index contributed by atoms with van der Waals surface area (Å²) in [5.41, 5.74) is 10.1. The topological polar surface area (TPSA) is 99.3 Å². The van der Waals surface area contributed by atoms with Crippen LogP contribution >= 0.6 is 12.2 Å². The Morgan fingerprint density at radius 2 is 1.79 bits per heavy atom. The van der Waals surface area contributed by atoms with Gasteiger partial charge in [0.05, 0.1) is 9.88 Å². The van der Waals surface area contributed by atoms with Crippen LogP contribution in [0.3, 0.4) is 0 Å². The van der Waals surface area contributed by atoms with E-state index >= 15 is 0 Å². The van der Waals surface area contributed by atoms with Gasteiger partial charge in [0.25, 0.3) is 10.0 Å². The van der Waals surface area contributed by atoms with E-state index < -0.39 is 10.0 Å². The number of nitrogens with two attached hydrogens (primary N) is 1. The van der Waals surface area contributed by atoms with E-state index in [0.717, 1.165) is 54.0 Å². The van der Waals surface area contributed by atoms with Gasteiger partial charge < -0.3 is 10.6 Å². The second-order valence-corrected chi connectivity index (χ2v) is 10.2. The lowest BCUT2D eigenvalue weighted by Gasteiger charge is -2.32. The fourth-order valence-corrected chi connectivity index (χ4v) is 5.33. The summed E-state index contributed by atoms with van der Waals surface area (Å²) in [4.78, 5) is 3.26. The molecule has 0 fully saturated rings. The minimum absolute atomic E-state index is 0.0624. The average molecular weight is 479 g/mol. The van der Waals surface area contributed by atoms with Crippen LogP contribution in [0.5, 0.6) is 0 Å². The Hall–Kier alpha value is -3.23. The molecule has 0 aliphatic carbocycles. The molecule has 4 N–H and O–H groups in total. The van der Waals surface area contributed by atoms with E-state index in [1.165, 1.54) is 0 Å². The van der Waals surface area contributed by atoms with E-state index in [2.05, 4.69) is 9.62 Å². The number of amidine groups is 1. The quantitative estimate of drug-likeness (QED) is 0.264. The molecule has 0 amide bonds. The van der Waals surface area contributed by atoms with Crippen molar-refractivity contribution in [2.24, 2.45) is 5.73 Å². The number of hydrogen-bond donors (Lipinski definition) is 3. The van der Waals surface area contributed by atoms with E-state index in [0.29, 0.717) is 11.3 Å². The summed E-state index contributed by atoms with van der Waals surface area (Å²) in [7, 11) is -3.63. The first-order valence-electron chi connectivity index (χ1n) is 10.8. The first kappa shape index (κ1) is 22.9. The minimum atomic E-state index is -3.63. The van der Waals surface area contributed by atoms with Crippen LogP contribution in [0.15, 0.2) is 77.7 Å². The fraction of sp³-hybridized carbons (Fsp3) is 0.200. The van der Waals surface area contributed by atoms with Gasteiger partial charge >= 0.3 is 0 Å². The highest BCUT2D eigenvalue weighted by Gasteiger charge is 2.21. The smallest absolute Gasteiger partial charge is 0.261 e. The van der Waals surface area contributed by atoms with E-state index in [1.807, 2.05) is 36.4 Å². The lowest BCUT2D eigenvalue weighted by molar-refractivity contribution is 0.601. The molecular formula is C25H26N4O2S2. The number of sulfonamides is 1. The van der Waals surface area contributed by atoms with Gasteiger partial charge in [-0.05, 0) is 60.7 Å². The predicted molar refractivity (Wildman–Crippen MR) is 138 cm³/mol. The lowest BCUT2D eigenvalue weighted by Crippen LogP contribution is -2.34. The Morgan fingerprint density at radius 1 is 1.06 bits per heavy atom. The Morgan fingerprint density at radius 3 is 2.48 bits per heavy atom. The van der Waals surface area contributed by atoms with Crippen molar-refractivity contribution in [1.82, 2.24) is 0 Å². The summed E-state index contributed by atoms with van der Waals surface area (Å²) in [6.45, 7) is 0.851. The molecule has 0 saturated carbocycles. The van der Waals surface area contributed by atoms with Crippen molar-refractivity contribution in [2.45, 2.75) is 30.6 Å². The van der Waals surface area contributed by atoms with Crippen molar-refractivity contribution in [2.75, 3.05) is 16.2 Å². The van der Waals surface area contributed by atoms with Gasteiger partial charge in [0.2, 0.25) is 0 Å². The highest BCUT2D eigenvalue weighted by atomic mass is 32.2. The molecule has 0 radical (unpaired) electrons. The van der Waals surface area contributed by atoms with Crippen LogP contribution < -0.4 is 15.4 Å². The molecular weight excluding hydrogens is 452 g/mol. The summed E-state index contributed by atoms with van der Waals surface area (Å²) in [6, 6.07) is 21.7. The maximum Gasteiger partial charge on any atom is 0.261 e. The average Bonchev–Trinajstić information content (AvgIpc) is 2.82. The number of aryl methyl sites for hydroxylation is 2. The normalized spacial score (nSPS) is 13.3. The number of nitrogens with zero attached hydrogens (tertiary/aromatic N) is 1. The Balaban J connectivity index is 1.45. The van der Waals surface area contributed by atoms with Crippen molar-refractivity contribution < 1.29 is 8.42 Å². The van der Waals surface area contributed by atoms with Crippen LogP contribution in [0.4, 0.5) is 11.4 Å². The Bertz CT molecular complexity index is 1270. The van der Waals surface area contributed by atoms with Crippen LogP contribution in [-0.4, -0.2) is 25.8 Å². The maximum atomic E-state index is 12.7. The number of benzene rings is 3. The number of hydrogen-bond acceptors (Lipinski definition) is 4. The van der Waals surface area contributed by atoms with Crippen molar-refractivity contribution in [1.29, 1.82) is 5.41 Å². The number of rotatable bonds is 7. The third-order valence-electron chi connectivity index (χ3n) is 5.70. The summed E-state index contributed by atoms with van der Waals surface area (Å²) >= 11 is 5.76. The third kappa shape index (κ3) is 5.40. The van der Waals surface area contributed by atoms with Gasteiger partial charge in [-0.3, -0.25) is 10.1 Å². The molecule has 1 aliphatic heterocycles. The van der Waals surface area contributed by atoms with E-state index in [4.69, 9.17) is 23.4 Å². The van der Waals surface area contributed by atoms with Crippen molar-refractivity contribution in [3.05, 3.63) is 89.5 Å². The van der Waals surface area contributed by atoms with Gasteiger partial charge in [-0.15, -0.1) is 0 Å². The third-order valence-corrected chi connectivity index (χ3v) is 7.52. The molecule has 0 spiro atoms. The molecule has 1 aliphatic rings. The second kappa shape index (κ2) is 9.72. The molecule has 3 aromatic rings. The van der Waals surface area contributed by atoms with Gasteiger partial charge in [-0.2, -0.15) is 0 Å². The molecule has 33 heavy (non-hydrogen) atoms. The molecule has 0 bridgehead atoms. The van der Waals surface area contributed by atoms with E-state index in [-0.39, 0.29) is 10.7 Å². The van der Waals surface area contributed by atoms with Crippen LogP contribution in [0, 0.1) is 5.41 Å². The molecule has 1 heterocycles. The molecule has 6 nitrogen and oxygen atoms in total. The molecule has 0 unspecified atom stereocenters. The largest absolute Gasteiger partial charge is 0.384 e. The van der Waals surface area contributed by atoms with E-state index in [9.17, 15) is 8.42 Å². The molecule has 8 heteroatoms. The van der Waals surface area contributed by atoms with Gasteiger partial charge in [-0.1, -0.05) is 54.7 Å². The number of anilines is 2. The molecule has 4 rings (SSSR count). The highest BCUT2D eigenvalue weighted by Crippen LogP contribution is 2.31. The first-order valence-corrected chi connectivity index (χ1v) is 12.7. The van der Waals surface area contributed by atoms with Gasteiger partial charge in [-0.25, -0.2) is 8.42 Å². The number of nitrogens with one attached hydrogen (secondary N) is 2. The Kier molecular flexibility index (Phi) is 6.76. The van der Waals surface area contributed by atoms with Crippen molar-refractivity contribution >= 4 is 44.4 Å². The number of fused-ring (bicyclic) bond motifs is 1. The van der Waals surface area contributed by atoms with Gasteiger partial charge in [0.15, 0.2) is 0 Å². The van der Waals surface area contributed by atoms with Crippen LogP contribution in [0.2, 0.25) is 0 Å². The Labute approximate surface area is 200 Å². The second-order valence-electron chi connectivity index (χ2n) is 8.02. The lowest BCUT2D eigenvalue weighted by atomic mass is 10.00. The molecule has 3 aromatic carbocycles. The monoisotopic (exact) mass is 478 g/mol. The SMILES string of the molecule is N=C(N)c1ccc(CCC(=S)N2CCCc3cc(NS(=O)(=O)c4ccccc4)ccc32)cc1.